The summed E-state index contributed by atoms with van der Waals surface area (Å²) in [5, 5.41) is 6.85. The fourth-order valence-corrected chi connectivity index (χ4v) is 2.82. The molecule has 0 aliphatic carbocycles. The molecule has 3 aromatic rings. The number of rotatable bonds is 6. The second kappa shape index (κ2) is 8.03. The first-order valence-corrected chi connectivity index (χ1v) is 8.95. The third kappa shape index (κ3) is 4.34. The molecule has 3 rings (SSSR count). The number of nitrogens with zero attached hydrogens (tertiary/aromatic N) is 2. The van der Waals surface area contributed by atoms with Crippen LogP contribution in [0.3, 0.4) is 0 Å². The Bertz CT molecular complexity index is 1000. The Morgan fingerprint density at radius 1 is 1.19 bits per heavy atom. The van der Waals surface area contributed by atoms with Gasteiger partial charge < -0.3 is 5.32 Å². The van der Waals surface area contributed by atoms with Gasteiger partial charge in [0.1, 0.15) is 0 Å². The van der Waals surface area contributed by atoms with Crippen LogP contribution in [0.4, 0.5) is 0 Å². The maximum absolute atomic E-state index is 12.3. The molecule has 0 unspecified atom stereocenters. The molecule has 140 valence electrons. The van der Waals surface area contributed by atoms with Gasteiger partial charge in [0.25, 0.3) is 5.91 Å². The molecular weight excluding hydrogens is 342 g/mol. The predicted molar refractivity (Wildman–Crippen MR) is 104 cm³/mol. The Kier molecular flexibility index (Phi) is 5.54. The Morgan fingerprint density at radius 2 is 1.96 bits per heavy atom. The van der Waals surface area contributed by atoms with Crippen LogP contribution in [0.1, 0.15) is 35.3 Å². The highest BCUT2D eigenvalue weighted by Gasteiger charge is 2.15. The Morgan fingerprint density at radius 3 is 2.70 bits per heavy atom. The summed E-state index contributed by atoms with van der Waals surface area (Å²) in [5.41, 5.74) is 3.23. The van der Waals surface area contributed by atoms with Gasteiger partial charge in [-0.25, -0.2) is 4.79 Å². The molecule has 0 aliphatic rings. The molecule has 1 amide bonds. The zero-order valence-corrected chi connectivity index (χ0v) is 15.7. The predicted octanol–water partition coefficient (Wildman–Crippen LogP) is 3.25. The van der Waals surface area contributed by atoms with Crippen LogP contribution in [0.25, 0.3) is 11.4 Å². The van der Waals surface area contributed by atoms with E-state index < -0.39 is 5.76 Å². The van der Waals surface area contributed by atoms with Crippen LogP contribution in [-0.4, -0.2) is 22.2 Å². The van der Waals surface area contributed by atoms with Gasteiger partial charge >= 0.3 is 5.76 Å². The lowest BCUT2D eigenvalue weighted by molar-refractivity contribution is 0.0949. The third-order valence-electron chi connectivity index (χ3n) is 4.27. The number of hydrogen-bond acceptors (Lipinski definition) is 4. The molecule has 0 radical (unpaired) electrons. The summed E-state index contributed by atoms with van der Waals surface area (Å²) in [6.45, 7) is 6.94. The highest BCUT2D eigenvalue weighted by atomic mass is 16.5. The van der Waals surface area contributed by atoms with Gasteiger partial charge in [-0.15, -0.1) is 0 Å². The summed E-state index contributed by atoms with van der Waals surface area (Å²) in [4.78, 5) is 24.5. The molecule has 0 aliphatic heterocycles. The molecule has 1 aromatic heterocycles. The van der Waals surface area contributed by atoms with Crippen LogP contribution >= 0.6 is 0 Å². The molecule has 6 heteroatoms. The fraction of sp³-hybridized carbons (Fsp3) is 0.286. The first-order chi connectivity index (χ1) is 13.0. The molecule has 0 fully saturated rings. The number of amides is 1. The minimum Gasteiger partial charge on any atom is -0.352 e. The summed E-state index contributed by atoms with van der Waals surface area (Å²) in [6.07, 6.45) is 0. The second-order valence-electron chi connectivity index (χ2n) is 6.98. The fourth-order valence-electron chi connectivity index (χ4n) is 2.82. The topological polar surface area (TPSA) is 77.1 Å². The van der Waals surface area contributed by atoms with Gasteiger partial charge in [-0.2, -0.15) is 0 Å². The summed E-state index contributed by atoms with van der Waals surface area (Å²) in [6, 6.07) is 14.9. The minimum absolute atomic E-state index is 0.123. The zero-order chi connectivity index (χ0) is 19.4. The summed E-state index contributed by atoms with van der Waals surface area (Å²) < 4.78 is 6.38. The van der Waals surface area contributed by atoms with Crippen molar-refractivity contribution < 1.29 is 9.32 Å². The van der Waals surface area contributed by atoms with Crippen molar-refractivity contribution in [1.82, 2.24) is 15.0 Å². The maximum atomic E-state index is 12.3. The van der Waals surface area contributed by atoms with E-state index in [9.17, 15) is 9.59 Å². The molecule has 0 bridgehead atoms. The quantitative estimate of drug-likeness (QED) is 0.727. The van der Waals surface area contributed by atoms with Crippen LogP contribution in [0, 0.1) is 12.8 Å². The van der Waals surface area contributed by atoms with E-state index in [0.29, 0.717) is 23.9 Å². The van der Waals surface area contributed by atoms with Crippen molar-refractivity contribution in [3.8, 4) is 11.4 Å². The van der Waals surface area contributed by atoms with Gasteiger partial charge in [0.05, 0.1) is 6.54 Å². The Hall–Kier alpha value is -3.15. The van der Waals surface area contributed by atoms with E-state index >= 15 is 0 Å². The number of nitrogens with one attached hydrogen (secondary N) is 1. The first-order valence-electron chi connectivity index (χ1n) is 8.95. The lowest BCUT2D eigenvalue weighted by Crippen LogP contribution is -2.27. The SMILES string of the molecule is Cc1ccccc1-c1noc(=O)n1Cc1cccc(C(=O)NCC(C)C)c1. The largest absolute Gasteiger partial charge is 0.442 e. The molecule has 27 heavy (non-hydrogen) atoms. The van der Waals surface area contributed by atoms with Crippen molar-refractivity contribution in [2.45, 2.75) is 27.3 Å². The van der Waals surface area contributed by atoms with E-state index in [1.165, 1.54) is 4.57 Å². The van der Waals surface area contributed by atoms with Crippen molar-refractivity contribution in [2.24, 2.45) is 5.92 Å². The second-order valence-corrected chi connectivity index (χ2v) is 6.98. The van der Waals surface area contributed by atoms with E-state index in [1.54, 1.807) is 12.1 Å². The van der Waals surface area contributed by atoms with E-state index in [-0.39, 0.29) is 12.5 Å². The average Bonchev–Trinajstić information content (AvgIpc) is 3.01. The molecule has 0 saturated heterocycles. The molecular formula is C21H23N3O3. The average molecular weight is 365 g/mol. The van der Waals surface area contributed by atoms with Crippen molar-refractivity contribution in [1.29, 1.82) is 0 Å². The third-order valence-corrected chi connectivity index (χ3v) is 4.27. The highest BCUT2D eigenvalue weighted by molar-refractivity contribution is 5.94. The van der Waals surface area contributed by atoms with Gasteiger partial charge in [-0.05, 0) is 36.1 Å². The summed E-state index contributed by atoms with van der Waals surface area (Å²) >= 11 is 0. The molecule has 1 heterocycles. The molecule has 6 nitrogen and oxygen atoms in total. The first kappa shape index (κ1) is 18.6. The van der Waals surface area contributed by atoms with Gasteiger partial charge in [0.2, 0.25) is 0 Å². The Balaban J connectivity index is 1.88. The van der Waals surface area contributed by atoms with Crippen LogP contribution in [0.2, 0.25) is 0 Å². The normalized spacial score (nSPS) is 11.0. The van der Waals surface area contributed by atoms with E-state index in [4.69, 9.17) is 4.52 Å². The molecule has 2 aromatic carbocycles. The molecule has 0 spiro atoms. The number of benzene rings is 2. The summed E-state index contributed by atoms with van der Waals surface area (Å²) in [5.74, 6) is 0.211. The number of hydrogen-bond donors (Lipinski definition) is 1. The van der Waals surface area contributed by atoms with Crippen molar-refractivity contribution >= 4 is 5.91 Å². The lowest BCUT2D eigenvalue weighted by atomic mass is 10.1. The highest BCUT2D eigenvalue weighted by Crippen LogP contribution is 2.21. The number of carbonyl (C=O) groups excluding carboxylic acids is 1. The lowest BCUT2D eigenvalue weighted by Gasteiger charge is -2.10. The smallest absolute Gasteiger partial charge is 0.352 e. The van der Waals surface area contributed by atoms with Crippen molar-refractivity contribution in [2.75, 3.05) is 6.54 Å². The number of aryl methyl sites for hydroxylation is 1. The van der Waals surface area contributed by atoms with Gasteiger partial charge in [-0.1, -0.05) is 55.4 Å². The maximum Gasteiger partial charge on any atom is 0.442 e. The van der Waals surface area contributed by atoms with Gasteiger partial charge in [-0.3, -0.25) is 13.9 Å². The monoisotopic (exact) mass is 365 g/mol. The molecule has 1 N–H and O–H groups in total. The molecule has 0 atom stereocenters. The van der Waals surface area contributed by atoms with Crippen LogP contribution < -0.4 is 11.1 Å². The van der Waals surface area contributed by atoms with E-state index in [2.05, 4.69) is 10.5 Å². The van der Waals surface area contributed by atoms with Crippen molar-refractivity contribution in [3.05, 3.63) is 75.8 Å². The van der Waals surface area contributed by atoms with Crippen LogP contribution in [0.15, 0.2) is 57.8 Å². The summed E-state index contributed by atoms with van der Waals surface area (Å²) in [7, 11) is 0. The van der Waals surface area contributed by atoms with Crippen molar-refractivity contribution in [3.63, 3.8) is 0 Å². The standard InChI is InChI=1S/C21H23N3O3/c1-14(2)12-22-20(25)17-9-6-8-16(11-17)13-24-19(23-27-21(24)26)18-10-5-4-7-15(18)3/h4-11,14H,12-13H2,1-3H3,(H,22,25). The zero-order valence-electron chi connectivity index (χ0n) is 15.7. The van der Waals surface area contributed by atoms with Gasteiger partial charge in [0.15, 0.2) is 5.82 Å². The van der Waals surface area contributed by atoms with Crippen LogP contribution in [0.5, 0.6) is 0 Å². The molecule has 0 saturated carbocycles. The minimum atomic E-state index is -0.525. The van der Waals surface area contributed by atoms with Gasteiger partial charge in [0, 0.05) is 17.7 Å². The van der Waals surface area contributed by atoms with E-state index in [0.717, 1.165) is 16.7 Å². The Labute approximate surface area is 157 Å². The van der Waals surface area contributed by atoms with E-state index in [1.807, 2.05) is 57.2 Å². The number of carbonyl (C=O) groups is 1. The van der Waals surface area contributed by atoms with Crippen LogP contribution in [-0.2, 0) is 6.54 Å². The number of aromatic nitrogens is 2.